The van der Waals surface area contributed by atoms with Gasteiger partial charge in [-0.3, -0.25) is 0 Å². The highest BCUT2D eigenvalue weighted by molar-refractivity contribution is 5.14. The summed E-state index contributed by atoms with van der Waals surface area (Å²) in [4.78, 5) is 0. The average molecular weight is 282 g/mol. The number of rotatable bonds is 8. The maximum Gasteiger partial charge on any atom is 0.0897 e. The lowest BCUT2D eigenvalue weighted by Gasteiger charge is -2.15. The molecule has 0 aromatic carbocycles. The molecule has 2 atom stereocenters. The van der Waals surface area contributed by atoms with Gasteiger partial charge in [0.1, 0.15) is 0 Å². The van der Waals surface area contributed by atoms with E-state index in [0.717, 1.165) is 26.0 Å². The fourth-order valence-electron chi connectivity index (χ4n) is 2.38. The van der Waals surface area contributed by atoms with Crippen molar-refractivity contribution in [2.45, 2.75) is 38.5 Å². The third-order valence-corrected chi connectivity index (χ3v) is 3.80. The van der Waals surface area contributed by atoms with Crippen LogP contribution in [-0.4, -0.2) is 48.2 Å². The summed E-state index contributed by atoms with van der Waals surface area (Å²) in [5.41, 5.74) is 2.46. The summed E-state index contributed by atoms with van der Waals surface area (Å²) in [6, 6.07) is 4.20. The molecule has 1 aliphatic heterocycles. The Hall–Kier alpha value is -0.880. The Morgan fingerprint density at radius 3 is 3.05 bits per heavy atom. The van der Waals surface area contributed by atoms with Crippen molar-refractivity contribution in [1.82, 2.24) is 9.88 Å². The molecule has 0 spiro atoms. The summed E-state index contributed by atoms with van der Waals surface area (Å²) in [6.45, 7) is 5.17. The van der Waals surface area contributed by atoms with Crippen LogP contribution < -0.4 is 5.32 Å². The molecule has 1 aromatic heterocycles. The largest absolute Gasteiger partial charge is 0.389 e. The van der Waals surface area contributed by atoms with E-state index in [4.69, 9.17) is 9.47 Å². The Labute approximate surface area is 120 Å². The highest BCUT2D eigenvalue weighted by Gasteiger charge is 2.16. The normalized spacial score (nSPS) is 20.4. The van der Waals surface area contributed by atoms with E-state index < -0.39 is 6.10 Å². The van der Waals surface area contributed by atoms with Gasteiger partial charge in [0.05, 0.1) is 25.4 Å². The van der Waals surface area contributed by atoms with Crippen molar-refractivity contribution in [1.29, 1.82) is 0 Å². The third-order valence-electron chi connectivity index (χ3n) is 3.80. The van der Waals surface area contributed by atoms with Gasteiger partial charge < -0.3 is 24.5 Å². The number of hydrogen-bond acceptors (Lipinski definition) is 4. The Morgan fingerprint density at radius 1 is 1.55 bits per heavy atom. The summed E-state index contributed by atoms with van der Waals surface area (Å²) in [6.07, 6.45) is 1.94. The van der Waals surface area contributed by atoms with Crippen molar-refractivity contribution in [3.8, 4) is 0 Å². The van der Waals surface area contributed by atoms with Crippen LogP contribution in [0.15, 0.2) is 12.1 Å². The zero-order chi connectivity index (χ0) is 14.4. The molecule has 0 unspecified atom stereocenters. The van der Waals surface area contributed by atoms with E-state index in [1.54, 1.807) is 0 Å². The van der Waals surface area contributed by atoms with E-state index in [1.807, 2.05) is 7.05 Å². The molecular weight excluding hydrogens is 256 g/mol. The molecule has 2 rings (SSSR count). The van der Waals surface area contributed by atoms with Crippen molar-refractivity contribution in [3.05, 3.63) is 23.5 Å². The van der Waals surface area contributed by atoms with Crippen LogP contribution >= 0.6 is 0 Å². The lowest BCUT2D eigenvalue weighted by Crippen LogP contribution is -2.31. The topological polar surface area (TPSA) is 55.6 Å². The molecule has 0 radical (unpaired) electrons. The summed E-state index contributed by atoms with van der Waals surface area (Å²) in [5.74, 6) is 0. The Balaban J connectivity index is 1.55. The molecule has 1 aromatic rings. The van der Waals surface area contributed by atoms with Crippen molar-refractivity contribution >= 4 is 0 Å². The second-order valence-electron chi connectivity index (χ2n) is 5.48. The minimum atomic E-state index is -0.474. The molecule has 114 valence electrons. The molecule has 5 heteroatoms. The molecule has 0 amide bonds. The number of aryl methyl sites for hydroxylation is 1. The SMILES string of the molecule is Cc1ccc(CNC[C@H](O)COC[C@H]2CCCO2)n1C. The van der Waals surface area contributed by atoms with Crippen LogP contribution in [0.1, 0.15) is 24.2 Å². The number of hydrogen-bond donors (Lipinski definition) is 2. The van der Waals surface area contributed by atoms with E-state index >= 15 is 0 Å². The first-order valence-corrected chi connectivity index (χ1v) is 7.36. The monoisotopic (exact) mass is 282 g/mol. The molecular formula is C15H26N2O3. The summed E-state index contributed by atoms with van der Waals surface area (Å²) in [7, 11) is 2.05. The predicted octanol–water partition coefficient (Wildman–Crippen LogP) is 0.980. The number of aliphatic hydroxyl groups is 1. The number of aromatic nitrogens is 1. The standard InChI is InChI=1S/C15H26N2O3/c1-12-5-6-13(17(12)2)8-16-9-14(18)10-19-11-15-4-3-7-20-15/h5-6,14-16,18H,3-4,7-11H2,1-2H3/t14-,15+/m0/s1. The molecule has 2 heterocycles. The van der Waals surface area contributed by atoms with Gasteiger partial charge in [-0.05, 0) is 31.9 Å². The number of ether oxygens (including phenoxy) is 2. The van der Waals surface area contributed by atoms with Crippen LogP contribution in [0.5, 0.6) is 0 Å². The molecule has 0 saturated carbocycles. The minimum Gasteiger partial charge on any atom is -0.389 e. The molecule has 5 nitrogen and oxygen atoms in total. The lowest BCUT2D eigenvalue weighted by atomic mass is 10.2. The molecule has 20 heavy (non-hydrogen) atoms. The van der Waals surface area contributed by atoms with Gasteiger partial charge in [-0.15, -0.1) is 0 Å². The maximum atomic E-state index is 9.84. The Morgan fingerprint density at radius 2 is 2.40 bits per heavy atom. The number of nitrogens with one attached hydrogen (secondary N) is 1. The van der Waals surface area contributed by atoms with E-state index in [2.05, 4.69) is 28.9 Å². The smallest absolute Gasteiger partial charge is 0.0897 e. The van der Waals surface area contributed by atoms with Gasteiger partial charge in [0.2, 0.25) is 0 Å². The van der Waals surface area contributed by atoms with Crippen LogP contribution in [0, 0.1) is 6.92 Å². The van der Waals surface area contributed by atoms with E-state index in [-0.39, 0.29) is 6.10 Å². The first-order valence-electron chi connectivity index (χ1n) is 7.36. The van der Waals surface area contributed by atoms with Crippen molar-refractivity contribution in [2.24, 2.45) is 7.05 Å². The number of aliphatic hydroxyl groups excluding tert-OH is 1. The van der Waals surface area contributed by atoms with Crippen molar-refractivity contribution in [3.63, 3.8) is 0 Å². The molecule has 2 N–H and O–H groups in total. The predicted molar refractivity (Wildman–Crippen MR) is 77.7 cm³/mol. The van der Waals surface area contributed by atoms with Gasteiger partial charge in [-0.1, -0.05) is 0 Å². The summed E-state index contributed by atoms with van der Waals surface area (Å²) in [5, 5.41) is 13.1. The summed E-state index contributed by atoms with van der Waals surface area (Å²) < 4.78 is 13.1. The maximum absolute atomic E-state index is 9.84. The third kappa shape index (κ3) is 4.59. The second kappa shape index (κ2) is 7.78. The first kappa shape index (κ1) is 15.5. The van der Waals surface area contributed by atoms with E-state index in [9.17, 15) is 5.11 Å². The van der Waals surface area contributed by atoms with Gasteiger partial charge in [0, 0.05) is 38.1 Å². The van der Waals surface area contributed by atoms with Crippen LogP contribution in [0.25, 0.3) is 0 Å². The van der Waals surface area contributed by atoms with Crippen LogP contribution in [0.3, 0.4) is 0 Å². The zero-order valence-electron chi connectivity index (χ0n) is 12.5. The fraction of sp³-hybridized carbons (Fsp3) is 0.733. The highest BCUT2D eigenvalue weighted by atomic mass is 16.5. The highest BCUT2D eigenvalue weighted by Crippen LogP contribution is 2.11. The lowest BCUT2D eigenvalue weighted by molar-refractivity contribution is -0.0165. The fourth-order valence-corrected chi connectivity index (χ4v) is 2.38. The van der Waals surface area contributed by atoms with Gasteiger partial charge in [-0.2, -0.15) is 0 Å². The van der Waals surface area contributed by atoms with Gasteiger partial charge in [0.15, 0.2) is 0 Å². The second-order valence-corrected chi connectivity index (χ2v) is 5.48. The average Bonchev–Trinajstić information content (AvgIpc) is 3.04. The molecule has 0 aliphatic carbocycles. The van der Waals surface area contributed by atoms with Crippen molar-refractivity contribution < 1.29 is 14.6 Å². The van der Waals surface area contributed by atoms with Gasteiger partial charge in [-0.25, -0.2) is 0 Å². The van der Waals surface area contributed by atoms with Crippen LogP contribution in [-0.2, 0) is 23.1 Å². The van der Waals surface area contributed by atoms with E-state index in [1.165, 1.54) is 11.4 Å². The Kier molecular flexibility index (Phi) is 6.04. The molecule has 0 bridgehead atoms. The minimum absolute atomic E-state index is 0.224. The van der Waals surface area contributed by atoms with Crippen LogP contribution in [0.2, 0.25) is 0 Å². The number of nitrogens with zero attached hydrogens (tertiary/aromatic N) is 1. The molecule has 1 aliphatic rings. The summed E-state index contributed by atoms with van der Waals surface area (Å²) >= 11 is 0. The van der Waals surface area contributed by atoms with Gasteiger partial charge in [0.25, 0.3) is 0 Å². The quantitative estimate of drug-likeness (QED) is 0.746. The zero-order valence-corrected chi connectivity index (χ0v) is 12.5. The van der Waals surface area contributed by atoms with Gasteiger partial charge >= 0.3 is 0 Å². The van der Waals surface area contributed by atoms with Crippen LogP contribution in [0.4, 0.5) is 0 Å². The molecule has 1 saturated heterocycles. The van der Waals surface area contributed by atoms with E-state index in [0.29, 0.717) is 19.8 Å². The Bertz CT molecular complexity index is 400. The molecule has 1 fully saturated rings. The first-order chi connectivity index (χ1) is 9.66. The van der Waals surface area contributed by atoms with Crippen molar-refractivity contribution in [2.75, 3.05) is 26.4 Å².